The highest BCUT2D eigenvalue weighted by molar-refractivity contribution is 9.10. The molecule has 1 saturated heterocycles. The van der Waals surface area contributed by atoms with Crippen LogP contribution >= 0.6 is 15.9 Å². The lowest BCUT2D eigenvalue weighted by molar-refractivity contribution is -0.121. The normalized spacial score (nSPS) is 15.2. The Morgan fingerprint density at radius 3 is 2.46 bits per heavy atom. The largest absolute Gasteiger partial charge is 0.465 e. The number of esters is 1. The molecule has 1 aliphatic heterocycles. The number of methoxy groups -OCH3 is 1. The zero-order valence-electron chi connectivity index (χ0n) is 16.2. The molecule has 1 aliphatic rings. The third-order valence-corrected chi connectivity index (χ3v) is 5.80. The van der Waals surface area contributed by atoms with Crippen LogP contribution in [0.4, 0.5) is 5.69 Å². The summed E-state index contributed by atoms with van der Waals surface area (Å²) in [6.45, 7) is 4.52. The molecule has 3 rings (SSSR count). The number of nitrogens with zero attached hydrogens (tertiary/aromatic N) is 1. The van der Waals surface area contributed by atoms with Gasteiger partial charge in [-0.05, 0) is 68.2 Å². The maximum atomic E-state index is 12.7. The van der Waals surface area contributed by atoms with Crippen LogP contribution in [-0.4, -0.2) is 37.0 Å². The first-order valence-electron chi connectivity index (χ1n) is 9.43. The van der Waals surface area contributed by atoms with Crippen LogP contribution in [0.1, 0.15) is 34.3 Å². The predicted octanol–water partition coefficient (Wildman–Crippen LogP) is 4.39. The first-order chi connectivity index (χ1) is 13.5. The van der Waals surface area contributed by atoms with E-state index in [2.05, 4.69) is 50.4 Å². The molecule has 28 heavy (non-hydrogen) atoms. The van der Waals surface area contributed by atoms with Gasteiger partial charge in [-0.1, -0.05) is 34.1 Å². The summed E-state index contributed by atoms with van der Waals surface area (Å²) >= 11 is 3.46. The Bertz CT molecular complexity index is 843. The average Bonchev–Trinajstić information content (AvgIpc) is 2.71. The van der Waals surface area contributed by atoms with Crippen LogP contribution in [0.3, 0.4) is 0 Å². The Balaban J connectivity index is 1.55. The quantitative estimate of drug-likeness (QED) is 0.694. The van der Waals surface area contributed by atoms with Gasteiger partial charge in [-0.2, -0.15) is 0 Å². The molecule has 1 heterocycles. The van der Waals surface area contributed by atoms with Crippen molar-refractivity contribution in [3.05, 3.63) is 63.6 Å². The lowest BCUT2D eigenvalue weighted by atomic mass is 9.95. The third-order valence-electron chi connectivity index (χ3n) is 5.27. The number of benzene rings is 2. The lowest BCUT2D eigenvalue weighted by Gasteiger charge is -2.31. The predicted molar refractivity (Wildman–Crippen MR) is 113 cm³/mol. The fourth-order valence-electron chi connectivity index (χ4n) is 3.54. The van der Waals surface area contributed by atoms with Crippen molar-refractivity contribution in [1.82, 2.24) is 4.90 Å². The molecule has 6 heteroatoms. The van der Waals surface area contributed by atoms with E-state index >= 15 is 0 Å². The molecule has 2 aromatic rings. The molecule has 1 fully saturated rings. The van der Waals surface area contributed by atoms with Crippen molar-refractivity contribution < 1.29 is 14.3 Å². The molecule has 0 radical (unpaired) electrons. The summed E-state index contributed by atoms with van der Waals surface area (Å²) in [6, 6.07) is 13.6. The minimum atomic E-state index is -0.394. The average molecular weight is 445 g/mol. The minimum Gasteiger partial charge on any atom is -0.465 e. The molecular formula is C22H25BrN2O3. The Kier molecular flexibility index (Phi) is 6.86. The minimum absolute atomic E-state index is 0.0117. The van der Waals surface area contributed by atoms with Gasteiger partial charge < -0.3 is 10.1 Å². The number of piperidine rings is 1. The van der Waals surface area contributed by atoms with Crippen LogP contribution < -0.4 is 5.32 Å². The van der Waals surface area contributed by atoms with Gasteiger partial charge in [-0.15, -0.1) is 0 Å². The van der Waals surface area contributed by atoms with Gasteiger partial charge in [0, 0.05) is 22.6 Å². The molecule has 0 atom stereocenters. The van der Waals surface area contributed by atoms with Gasteiger partial charge >= 0.3 is 5.97 Å². The molecule has 0 aromatic heterocycles. The smallest absolute Gasteiger partial charge is 0.338 e. The van der Waals surface area contributed by atoms with Crippen LogP contribution in [0.25, 0.3) is 0 Å². The van der Waals surface area contributed by atoms with Gasteiger partial charge in [-0.25, -0.2) is 4.79 Å². The standard InChI is InChI=1S/C22H25BrN2O3/c1-15-19(22(27)28-2)4-3-5-20(15)24-21(26)17-10-12-25(13-11-17)14-16-6-8-18(23)9-7-16/h3-9,17H,10-14H2,1-2H3,(H,24,26). The number of ether oxygens (including phenoxy) is 1. The Labute approximate surface area is 174 Å². The summed E-state index contributed by atoms with van der Waals surface area (Å²) in [5, 5.41) is 3.00. The monoisotopic (exact) mass is 444 g/mol. The maximum Gasteiger partial charge on any atom is 0.338 e. The third kappa shape index (κ3) is 5.00. The van der Waals surface area contributed by atoms with E-state index in [-0.39, 0.29) is 11.8 Å². The zero-order valence-corrected chi connectivity index (χ0v) is 17.8. The van der Waals surface area contributed by atoms with E-state index in [0.29, 0.717) is 11.3 Å². The van der Waals surface area contributed by atoms with Crippen molar-refractivity contribution in [2.75, 3.05) is 25.5 Å². The van der Waals surface area contributed by atoms with Crippen LogP contribution in [0, 0.1) is 12.8 Å². The molecular weight excluding hydrogens is 420 g/mol. The summed E-state index contributed by atoms with van der Waals surface area (Å²) in [5.74, 6) is -0.384. The summed E-state index contributed by atoms with van der Waals surface area (Å²) in [4.78, 5) is 26.9. The highest BCUT2D eigenvalue weighted by atomic mass is 79.9. The van der Waals surface area contributed by atoms with Crippen LogP contribution in [-0.2, 0) is 16.1 Å². The number of anilines is 1. The van der Waals surface area contributed by atoms with Crippen molar-refractivity contribution >= 4 is 33.5 Å². The number of hydrogen-bond acceptors (Lipinski definition) is 4. The van der Waals surface area contributed by atoms with E-state index in [1.54, 1.807) is 12.1 Å². The van der Waals surface area contributed by atoms with E-state index in [1.807, 2.05) is 13.0 Å². The summed E-state index contributed by atoms with van der Waals surface area (Å²) in [5.41, 5.74) is 3.16. The molecule has 0 unspecified atom stereocenters. The Hall–Kier alpha value is -2.18. The van der Waals surface area contributed by atoms with Crippen molar-refractivity contribution in [1.29, 1.82) is 0 Å². The molecule has 0 saturated carbocycles. The molecule has 1 N–H and O–H groups in total. The number of carbonyl (C=O) groups is 2. The van der Waals surface area contributed by atoms with Crippen molar-refractivity contribution in [3.8, 4) is 0 Å². The van der Waals surface area contributed by atoms with E-state index in [0.717, 1.165) is 42.5 Å². The Morgan fingerprint density at radius 1 is 1.14 bits per heavy atom. The summed E-state index contributed by atoms with van der Waals surface area (Å²) in [7, 11) is 1.36. The van der Waals surface area contributed by atoms with Gasteiger partial charge in [0.1, 0.15) is 0 Å². The summed E-state index contributed by atoms with van der Waals surface area (Å²) in [6.07, 6.45) is 1.66. The van der Waals surface area contributed by atoms with Gasteiger partial charge in [0.25, 0.3) is 0 Å². The molecule has 0 aliphatic carbocycles. The summed E-state index contributed by atoms with van der Waals surface area (Å²) < 4.78 is 5.88. The first kappa shape index (κ1) is 20.6. The second-order valence-corrected chi connectivity index (χ2v) is 8.05. The number of halogens is 1. The Morgan fingerprint density at radius 2 is 1.82 bits per heavy atom. The van der Waals surface area contributed by atoms with Crippen LogP contribution in [0.15, 0.2) is 46.9 Å². The van der Waals surface area contributed by atoms with Gasteiger partial charge in [0.2, 0.25) is 5.91 Å². The van der Waals surface area contributed by atoms with Gasteiger partial charge in [0.05, 0.1) is 12.7 Å². The molecule has 5 nitrogen and oxygen atoms in total. The number of rotatable bonds is 5. The number of carbonyl (C=O) groups excluding carboxylic acids is 2. The van der Waals surface area contributed by atoms with E-state index < -0.39 is 5.97 Å². The molecule has 148 valence electrons. The molecule has 1 amide bonds. The zero-order chi connectivity index (χ0) is 20.1. The van der Waals surface area contributed by atoms with E-state index in [1.165, 1.54) is 12.7 Å². The highest BCUT2D eigenvalue weighted by Crippen LogP contribution is 2.24. The van der Waals surface area contributed by atoms with Crippen molar-refractivity contribution in [2.45, 2.75) is 26.3 Å². The molecule has 2 aromatic carbocycles. The fourth-order valence-corrected chi connectivity index (χ4v) is 3.80. The van der Waals surface area contributed by atoms with Crippen molar-refractivity contribution in [3.63, 3.8) is 0 Å². The topological polar surface area (TPSA) is 58.6 Å². The second kappa shape index (κ2) is 9.34. The van der Waals surface area contributed by atoms with Gasteiger partial charge in [-0.3, -0.25) is 9.69 Å². The van der Waals surface area contributed by atoms with Crippen LogP contribution in [0.2, 0.25) is 0 Å². The van der Waals surface area contributed by atoms with Gasteiger partial charge in [0.15, 0.2) is 0 Å². The van der Waals surface area contributed by atoms with E-state index in [4.69, 9.17) is 4.74 Å². The number of amides is 1. The molecule has 0 spiro atoms. The fraction of sp³-hybridized carbons (Fsp3) is 0.364. The SMILES string of the molecule is COC(=O)c1cccc(NC(=O)C2CCN(Cc3ccc(Br)cc3)CC2)c1C. The highest BCUT2D eigenvalue weighted by Gasteiger charge is 2.25. The first-order valence-corrected chi connectivity index (χ1v) is 10.2. The second-order valence-electron chi connectivity index (χ2n) is 7.14. The molecule has 0 bridgehead atoms. The maximum absolute atomic E-state index is 12.7. The number of hydrogen-bond donors (Lipinski definition) is 1. The van der Waals surface area contributed by atoms with Crippen molar-refractivity contribution in [2.24, 2.45) is 5.92 Å². The number of nitrogens with one attached hydrogen (secondary N) is 1. The van der Waals surface area contributed by atoms with E-state index in [9.17, 15) is 9.59 Å². The number of likely N-dealkylation sites (tertiary alicyclic amines) is 1. The van der Waals surface area contributed by atoms with Crippen LogP contribution in [0.5, 0.6) is 0 Å². The lowest BCUT2D eigenvalue weighted by Crippen LogP contribution is -2.37.